The molecule has 3 heterocycles. The van der Waals surface area contributed by atoms with Gasteiger partial charge in [0.25, 0.3) is 5.56 Å². The van der Waals surface area contributed by atoms with E-state index in [0.29, 0.717) is 15.7 Å². The Labute approximate surface area is 115 Å². The second-order valence-electron chi connectivity index (χ2n) is 4.03. The lowest BCUT2D eigenvalue weighted by atomic mass is 10.5. The number of hydrogen-bond donors (Lipinski definition) is 1. The molecule has 0 saturated heterocycles. The molecule has 20 heavy (non-hydrogen) atoms. The third-order valence-electron chi connectivity index (χ3n) is 2.47. The fourth-order valence-electron chi connectivity index (χ4n) is 1.64. The monoisotopic (exact) mass is 292 g/mol. The molecule has 0 aliphatic heterocycles. The van der Waals surface area contributed by atoms with Crippen molar-refractivity contribution in [3.05, 3.63) is 39.0 Å². The molecule has 0 saturated carbocycles. The van der Waals surface area contributed by atoms with Crippen molar-refractivity contribution in [2.45, 2.75) is 13.5 Å². The molecule has 0 unspecified atom stereocenters. The zero-order valence-electron chi connectivity index (χ0n) is 10.2. The van der Waals surface area contributed by atoms with Crippen LogP contribution in [0.1, 0.15) is 21.2 Å². The second kappa shape index (κ2) is 4.49. The van der Waals surface area contributed by atoms with E-state index in [1.165, 1.54) is 32.8 Å². The molecule has 0 aliphatic rings. The molecule has 3 aromatic rings. The maximum absolute atomic E-state index is 11.7. The lowest BCUT2D eigenvalue weighted by Gasteiger charge is -1.92. The Balaban J connectivity index is 1.96. The zero-order chi connectivity index (χ0) is 14.3. The maximum atomic E-state index is 11.7. The Bertz CT molecular complexity index is 863. The molecule has 0 atom stereocenters. The van der Waals surface area contributed by atoms with Gasteiger partial charge in [-0.1, -0.05) is 16.6 Å². The van der Waals surface area contributed by atoms with Gasteiger partial charge in [0.15, 0.2) is 5.69 Å². The van der Waals surface area contributed by atoms with E-state index in [-0.39, 0.29) is 17.8 Å². The quantitative estimate of drug-likeness (QED) is 0.710. The predicted octanol–water partition coefficient (Wildman–Crippen LogP) is -0.203. The van der Waals surface area contributed by atoms with Crippen molar-refractivity contribution in [1.29, 1.82) is 0 Å². The molecule has 3 rings (SSSR count). The first-order chi connectivity index (χ1) is 9.52. The number of aromatic carboxylic acids is 1. The molecule has 0 fully saturated rings. The van der Waals surface area contributed by atoms with Crippen LogP contribution in [-0.2, 0) is 6.54 Å². The average Bonchev–Trinajstić information content (AvgIpc) is 2.96. The van der Waals surface area contributed by atoms with Gasteiger partial charge in [-0.3, -0.25) is 4.79 Å². The van der Waals surface area contributed by atoms with Gasteiger partial charge in [0.2, 0.25) is 4.96 Å². The number of aromatic nitrogens is 6. The summed E-state index contributed by atoms with van der Waals surface area (Å²) in [6.45, 7) is 1.96. The summed E-state index contributed by atoms with van der Waals surface area (Å²) in [6, 6.07) is 1.40. The third-order valence-corrected chi connectivity index (χ3v) is 3.36. The molecule has 102 valence electrons. The van der Waals surface area contributed by atoms with Crippen LogP contribution in [0.15, 0.2) is 17.1 Å². The summed E-state index contributed by atoms with van der Waals surface area (Å²) in [5, 5.41) is 20.7. The average molecular weight is 292 g/mol. The van der Waals surface area contributed by atoms with Gasteiger partial charge < -0.3 is 5.11 Å². The van der Waals surface area contributed by atoms with Gasteiger partial charge in [0, 0.05) is 11.8 Å². The summed E-state index contributed by atoms with van der Waals surface area (Å²) in [5.74, 6) is -1.14. The second-order valence-corrected chi connectivity index (χ2v) is 5.07. The Morgan fingerprint density at radius 3 is 3.00 bits per heavy atom. The molecule has 1 N–H and O–H groups in total. The van der Waals surface area contributed by atoms with Gasteiger partial charge >= 0.3 is 5.97 Å². The van der Waals surface area contributed by atoms with Crippen LogP contribution in [0.25, 0.3) is 4.96 Å². The molecular formula is C10H8N6O3S. The van der Waals surface area contributed by atoms with Crippen LogP contribution in [0.4, 0.5) is 0 Å². The van der Waals surface area contributed by atoms with Crippen molar-refractivity contribution in [3.63, 3.8) is 0 Å². The van der Waals surface area contributed by atoms with E-state index in [0.717, 1.165) is 0 Å². The number of rotatable bonds is 3. The molecule has 0 spiro atoms. The molecule has 0 bridgehead atoms. The summed E-state index contributed by atoms with van der Waals surface area (Å²) in [7, 11) is 0. The van der Waals surface area contributed by atoms with Crippen LogP contribution in [0.3, 0.4) is 0 Å². The van der Waals surface area contributed by atoms with Crippen LogP contribution in [0.5, 0.6) is 0 Å². The highest BCUT2D eigenvalue weighted by atomic mass is 32.1. The van der Waals surface area contributed by atoms with E-state index in [2.05, 4.69) is 20.4 Å². The van der Waals surface area contributed by atoms with Gasteiger partial charge in [0.1, 0.15) is 5.01 Å². The third kappa shape index (κ3) is 2.16. The normalized spacial score (nSPS) is 11.1. The first kappa shape index (κ1) is 12.4. The molecule has 9 nitrogen and oxygen atoms in total. The van der Waals surface area contributed by atoms with Gasteiger partial charge in [-0.05, 0) is 6.92 Å². The maximum Gasteiger partial charge on any atom is 0.358 e. The van der Waals surface area contributed by atoms with E-state index in [4.69, 9.17) is 5.11 Å². The zero-order valence-corrected chi connectivity index (χ0v) is 11.0. The fraction of sp³-hybridized carbons (Fsp3) is 0.200. The van der Waals surface area contributed by atoms with Crippen LogP contribution in [0.2, 0.25) is 0 Å². The molecule has 0 radical (unpaired) electrons. The summed E-state index contributed by atoms with van der Waals surface area (Å²) in [5.41, 5.74) is 0.233. The fourth-order valence-corrected chi connectivity index (χ4v) is 2.57. The smallest absolute Gasteiger partial charge is 0.358 e. The highest BCUT2D eigenvalue weighted by Crippen LogP contribution is 2.12. The van der Waals surface area contributed by atoms with Crippen LogP contribution in [0, 0.1) is 6.92 Å². The minimum absolute atomic E-state index is 0.141. The summed E-state index contributed by atoms with van der Waals surface area (Å²) < 4.78 is 2.56. The van der Waals surface area contributed by atoms with E-state index in [1.54, 1.807) is 6.92 Å². The topological polar surface area (TPSA) is 115 Å². The van der Waals surface area contributed by atoms with Crippen molar-refractivity contribution < 1.29 is 9.90 Å². The van der Waals surface area contributed by atoms with E-state index < -0.39 is 5.97 Å². The summed E-state index contributed by atoms with van der Waals surface area (Å²) in [4.78, 5) is 27.1. The molecule has 0 amide bonds. The number of nitrogens with zero attached hydrogens (tertiary/aromatic N) is 6. The Hall–Kier alpha value is -2.62. The minimum Gasteiger partial charge on any atom is -0.476 e. The number of carboxylic acids is 1. The number of fused-ring (bicyclic) bond motifs is 1. The first-order valence-electron chi connectivity index (χ1n) is 5.53. The molecule has 10 heteroatoms. The highest BCUT2D eigenvalue weighted by Gasteiger charge is 2.11. The summed E-state index contributed by atoms with van der Waals surface area (Å²) >= 11 is 1.24. The SMILES string of the molecule is Cc1cc(=O)n2nc(Cn3cc(C(=O)O)nn3)sc2n1. The number of hydrogen-bond acceptors (Lipinski definition) is 7. The Morgan fingerprint density at radius 2 is 2.30 bits per heavy atom. The largest absolute Gasteiger partial charge is 0.476 e. The minimum atomic E-state index is -1.14. The van der Waals surface area contributed by atoms with Crippen LogP contribution in [-0.4, -0.2) is 40.7 Å². The van der Waals surface area contributed by atoms with Crippen LogP contribution < -0.4 is 5.56 Å². The van der Waals surface area contributed by atoms with Crippen molar-refractivity contribution in [3.8, 4) is 0 Å². The Morgan fingerprint density at radius 1 is 1.50 bits per heavy atom. The van der Waals surface area contributed by atoms with Crippen LogP contribution >= 0.6 is 11.3 Å². The molecular weight excluding hydrogens is 284 g/mol. The number of carbonyl (C=O) groups is 1. The molecule has 3 aromatic heterocycles. The summed E-state index contributed by atoms with van der Waals surface area (Å²) in [6.07, 6.45) is 1.30. The number of carboxylic acid groups (broad SMARTS) is 1. The molecule has 0 aromatic carbocycles. The van der Waals surface area contributed by atoms with E-state index in [1.807, 2.05) is 0 Å². The van der Waals surface area contributed by atoms with Gasteiger partial charge in [-0.25, -0.2) is 14.5 Å². The standard InChI is InChI=1S/C10H8N6O3S/c1-5-2-8(17)16-10(11-5)20-7(13-16)4-15-3-6(9(18)19)12-14-15/h2-3H,4H2,1H3,(H,18,19). The Kier molecular flexibility index (Phi) is 2.79. The number of aryl methyl sites for hydroxylation is 1. The van der Waals surface area contributed by atoms with E-state index in [9.17, 15) is 9.59 Å². The first-order valence-corrected chi connectivity index (χ1v) is 6.34. The predicted molar refractivity (Wildman–Crippen MR) is 68.0 cm³/mol. The van der Waals surface area contributed by atoms with Gasteiger partial charge in [-0.2, -0.15) is 9.61 Å². The van der Waals surface area contributed by atoms with E-state index >= 15 is 0 Å². The van der Waals surface area contributed by atoms with Gasteiger partial charge in [-0.15, -0.1) is 5.10 Å². The highest BCUT2D eigenvalue weighted by molar-refractivity contribution is 7.16. The van der Waals surface area contributed by atoms with Gasteiger partial charge in [0.05, 0.1) is 12.7 Å². The lowest BCUT2D eigenvalue weighted by Crippen LogP contribution is -2.14. The van der Waals surface area contributed by atoms with Crippen molar-refractivity contribution >= 4 is 22.3 Å². The van der Waals surface area contributed by atoms with Crippen molar-refractivity contribution in [1.82, 2.24) is 29.6 Å². The van der Waals surface area contributed by atoms with Crippen molar-refractivity contribution in [2.24, 2.45) is 0 Å². The van der Waals surface area contributed by atoms with Crippen molar-refractivity contribution in [2.75, 3.05) is 0 Å². The molecule has 0 aliphatic carbocycles. The lowest BCUT2D eigenvalue weighted by molar-refractivity contribution is 0.0690.